The third-order valence-corrected chi connectivity index (χ3v) is 5.99. The molecule has 0 radical (unpaired) electrons. The predicted octanol–water partition coefficient (Wildman–Crippen LogP) is 5.81. The van der Waals surface area contributed by atoms with Gasteiger partial charge in [-0.25, -0.2) is 5.43 Å². The topological polar surface area (TPSA) is 92.9 Å². The molecule has 36 heavy (non-hydrogen) atoms. The van der Waals surface area contributed by atoms with E-state index in [0.717, 1.165) is 32.7 Å². The molecule has 0 bridgehead atoms. The lowest BCUT2D eigenvalue weighted by Gasteiger charge is -2.10. The van der Waals surface area contributed by atoms with Crippen LogP contribution in [0.3, 0.4) is 0 Å². The maximum absolute atomic E-state index is 12.7. The number of amides is 2. The number of hydrogen-bond donors (Lipinski definition) is 2. The summed E-state index contributed by atoms with van der Waals surface area (Å²) in [6.45, 7) is 1.69. The van der Waals surface area contributed by atoms with Crippen molar-refractivity contribution in [2.24, 2.45) is 5.10 Å². The van der Waals surface area contributed by atoms with Crippen molar-refractivity contribution >= 4 is 55.9 Å². The van der Waals surface area contributed by atoms with Crippen molar-refractivity contribution in [3.05, 3.63) is 84.4 Å². The normalized spacial score (nSPS) is 11.7. The van der Waals surface area contributed by atoms with E-state index in [1.807, 2.05) is 72.8 Å². The number of hydrogen-bond acceptors (Lipinski definition) is 5. The van der Waals surface area contributed by atoms with E-state index < -0.39 is 0 Å². The highest BCUT2D eigenvalue weighted by atomic mass is 16.5. The Hall–Kier alpha value is -4.65. The molecule has 7 heteroatoms. The number of anilines is 1. The number of fused-ring (bicyclic) bond motifs is 4. The maximum Gasteiger partial charge on any atom is 0.244 e. The Morgan fingerprint density at radius 1 is 0.861 bits per heavy atom. The lowest BCUT2D eigenvalue weighted by molar-refractivity contribution is -0.120. The van der Waals surface area contributed by atoms with Gasteiger partial charge in [-0.15, -0.1) is 0 Å². The van der Waals surface area contributed by atoms with Crippen molar-refractivity contribution in [1.29, 1.82) is 0 Å². The lowest BCUT2D eigenvalue weighted by Crippen LogP contribution is -2.23. The fourth-order valence-electron chi connectivity index (χ4n) is 4.30. The zero-order chi connectivity index (χ0) is 25.1. The average Bonchev–Trinajstić information content (AvgIpc) is 3.24. The van der Waals surface area contributed by atoms with Crippen LogP contribution in [0.5, 0.6) is 5.75 Å². The van der Waals surface area contributed by atoms with Crippen molar-refractivity contribution in [2.45, 2.75) is 19.8 Å². The summed E-state index contributed by atoms with van der Waals surface area (Å²) in [5.41, 5.74) is 5.87. The minimum Gasteiger partial charge on any atom is -0.495 e. The molecule has 0 fully saturated rings. The van der Waals surface area contributed by atoms with Gasteiger partial charge < -0.3 is 14.5 Å². The van der Waals surface area contributed by atoms with Crippen molar-refractivity contribution in [3.63, 3.8) is 0 Å². The number of benzene rings is 4. The number of nitrogens with one attached hydrogen (secondary N) is 2. The van der Waals surface area contributed by atoms with Crippen LogP contribution >= 0.6 is 0 Å². The molecule has 4 aromatic carbocycles. The van der Waals surface area contributed by atoms with Crippen LogP contribution in [0.15, 0.2) is 88.4 Å². The van der Waals surface area contributed by atoms with Crippen molar-refractivity contribution in [3.8, 4) is 5.75 Å². The molecule has 1 heterocycles. The van der Waals surface area contributed by atoms with Crippen LogP contribution in [0.1, 0.15) is 18.9 Å². The molecule has 5 rings (SSSR count). The van der Waals surface area contributed by atoms with E-state index in [1.165, 1.54) is 0 Å². The second-order valence-corrected chi connectivity index (χ2v) is 8.57. The van der Waals surface area contributed by atoms with Gasteiger partial charge in [-0.3, -0.25) is 9.59 Å². The number of carbonyl (C=O) groups excluding carboxylic acids is 2. The Morgan fingerprint density at radius 2 is 1.61 bits per heavy atom. The molecule has 180 valence electrons. The number of carbonyl (C=O) groups is 2. The summed E-state index contributed by atoms with van der Waals surface area (Å²) in [4.78, 5) is 25.2. The minimum absolute atomic E-state index is 0.00979. The molecule has 0 spiro atoms. The van der Waals surface area contributed by atoms with Crippen LogP contribution < -0.4 is 15.5 Å². The SMILES string of the molecule is COc1cc2c(cc1NC(=O)C/C(C)=N/NC(=O)Cc1cccc3ccccc13)oc1ccccc12. The molecule has 0 atom stereocenters. The van der Waals surface area contributed by atoms with Crippen LogP contribution in [-0.2, 0) is 16.0 Å². The molecule has 0 aliphatic rings. The minimum atomic E-state index is -0.284. The van der Waals surface area contributed by atoms with Crippen LogP contribution in [0.4, 0.5) is 5.69 Å². The van der Waals surface area contributed by atoms with Gasteiger partial charge in [0.25, 0.3) is 0 Å². The number of rotatable bonds is 7. The first kappa shape index (κ1) is 23.1. The quantitative estimate of drug-likeness (QED) is 0.228. The third-order valence-electron chi connectivity index (χ3n) is 5.99. The second kappa shape index (κ2) is 9.92. The van der Waals surface area contributed by atoms with Crippen LogP contribution in [0, 0.1) is 0 Å². The average molecular weight is 480 g/mol. The van der Waals surface area contributed by atoms with Crippen LogP contribution in [0.25, 0.3) is 32.7 Å². The first-order valence-corrected chi connectivity index (χ1v) is 11.6. The lowest BCUT2D eigenvalue weighted by atomic mass is 10.0. The molecular weight excluding hydrogens is 454 g/mol. The van der Waals surface area contributed by atoms with E-state index >= 15 is 0 Å². The van der Waals surface area contributed by atoms with Gasteiger partial charge in [0.15, 0.2) is 0 Å². The zero-order valence-electron chi connectivity index (χ0n) is 20.0. The van der Waals surface area contributed by atoms with Crippen LogP contribution in [-0.4, -0.2) is 24.6 Å². The summed E-state index contributed by atoms with van der Waals surface area (Å²) < 4.78 is 11.4. The summed E-state index contributed by atoms with van der Waals surface area (Å²) in [6, 6.07) is 25.1. The Kier molecular flexibility index (Phi) is 6.36. The predicted molar refractivity (Wildman–Crippen MR) is 142 cm³/mol. The Morgan fingerprint density at radius 3 is 2.44 bits per heavy atom. The van der Waals surface area contributed by atoms with E-state index in [4.69, 9.17) is 9.15 Å². The highest BCUT2D eigenvalue weighted by Gasteiger charge is 2.15. The number of ether oxygens (including phenoxy) is 1. The molecule has 2 amide bonds. The summed E-state index contributed by atoms with van der Waals surface area (Å²) in [7, 11) is 1.55. The summed E-state index contributed by atoms with van der Waals surface area (Å²) in [5.74, 6) is -0.00295. The van der Waals surface area contributed by atoms with E-state index in [2.05, 4.69) is 15.8 Å². The van der Waals surface area contributed by atoms with E-state index in [9.17, 15) is 9.59 Å². The Balaban J connectivity index is 1.24. The molecule has 0 saturated carbocycles. The van der Waals surface area contributed by atoms with Gasteiger partial charge in [-0.2, -0.15) is 5.10 Å². The first-order valence-electron chi connectivity index (χ1n) is 11.6. The molecule has 0 aliphatic heterocycles. The van der Waals surface area contributed by atoms with Crippen molar-refractivity contribution in [1.82, 2.24) is 5.43 Å². The summed E-state index contributed by atoms with van der Waals surface area (Å²) in [5, 5.41) is 11.0. The molecule has 7 nitrogen and oxygen atoms in total. The molecule has 0 saturated heterocycles. The van der Waals surface area contributed by atoms with Gasteiger partial charge in [0.2, 0.25) is 11.8 Å². The standard InChI is InChI=1S/C29H25N3O4/c1-18(31-32-29(34)15-20-10-7-9-19-8-3-4-11-21(19)20)14-28(33)30-24-17-26-23(16-27(24)35-2)22-12-5-6-13-25(22)36-26/h3-13,16-17H,14-15H2,1-2H3,(H,30,33)(H,32,34)/b31-18+. The number of methoxy groups -OCH3 is 1. The fourth-order valence-corrected chi connectivity index (χ4v) is 4.30. The van der Waals surface area contributed by atoms with Gasteiger partial charge in [0.05, 0.1) is 25.6 Å². The maximum atomic E-state index is 12.7. The fraction of sp³-hybridized carbons (Fsp3) is 0.138. The van der Waals surface area contributed by atoms with Crippen molar-refractivity contribution < 1.29 is 18.7 Å². The number of para-hydroxylation sites is 1. The Bertz CT molecular complexity index is 1630. The summed E-state index contributed by atoms with van der Waals surface area (Å²) in [6.07, 6.45) is 0.203. The van der Waals surface area contributed by atoms with Crippen molar-refractivity contribution in [2.75, 3.05) is 12.4 Å². The largest absolute Gasteiger partial charge is 0.495 e. The van der Waals surface area contributed by atoms with Crippen LogP contribution in [0.2, 0.25) is 0 Å². The highest BCUT2D eigenvalue weighted by molar-refractivity contribution is 6.10. The number of furan rings is 1. The number of hydrazone groups is 1. The molecular formula is C29H25N3O4. The summed E-state index contributed by atoms with van der Waals surface area (Å²) >= 11 is 0. The number of nitrogens with zero attached hydrogens (tertiary/aromatic N) is 1. The molecule has 0 unspecified atom stereocenters. The van der Waals surface area contributed by atoms with E-state index in [-0.39, 0.29) is 24.7 Å². The monoisotopic (exact) mass is 479 g/mol. The van der Waals surface area contributed by atoms with E-state index in [1.54, 1.807) is 20.1 Å². The molecule has 1 aromatic heterocycles. The van der Waals surface area contributed by atoms with Gasteiger partial charge in [-0.05, 0) is 35.4 Å². The van der Waals surface area contributed by atoms with Gasteiger partial charge in [0, 0.05) is 22.6 Å². The zero-order valence-corrected chi connectivity index (χ0v) is 20.0. The van der Waals surface area contributed by atoms with Gasteiger partial charge >= 0.3 is 0 Å². The molecule has 2 N–H and O–H groups in total. The molecule has 0 aliphatic carbocycles. The Labute approximate surface area is 207 Å². The molecule has 5 aromatic rings. The van der Waals surface area contributed by atoms with E-state index in [0.29, 0.717) is 22.7 Å². The van der Waals surface area contributed by atoms with Gasteiger partial charge in [0.1, 0.15) is 16.9 Å². The van der Waals surface area contributed by atoms with Gasteiger partial charge in [-0.1, -0.05) is 60.7 Å². The second-order valence-electron chi connectivity index (χ2n) is 8.57. The smallest absolute Gasteiger partial charge is 0.244 e. The first-order chi connectivity index (χ1) is 17.5. The third kappa shape index (κ3) is 4.77. The highest BCUT2D eigenvalue weighted by Crippen LogP contribution is 2.36.